The van der Waals surface area contributed by atoms with Crippen LogP contribution in [0, 0.1) is 11.3 Å². The number of carbonyl (C=O) groups is 1. The Labute approximate surface area is 84.4 Å². The van der Waals surface area contributed by atoms with Crippen molar-refractivity contribution in [3.05, 3.63) is 0 Å². The molecule has 1 unspecified atom stereocenters. The summed E-state index contributed by atoms with van der Waals surface area (Å²) < 4.78 is 5.43. The molecule has 1 atom stereocenters. The first-order chi connectivity index (χ1) is 6.60. The molecule has 0 spiro atoms. The molecule has 4 heteroatoms. The molecular weight excluding hydrogens is 180 g/mol. The van der Waals surface area contributed by atoms with Gasteiger partial charge < -0.3 is 9.64 Å². The Morgan fingerprint density at radius 3 is 2.93 bits per heavy atom. The molecule has 0 aromatic heterocycles. The zero-order valence-electron chi connectivity index (χ0n) is 8.75. The lowest BCUT2D eigenvalue weighted by atomic mass is 10.0. The molecule has 0 aromatic rings. The molecular formula is C10H16N2O2. The Morgan fingerprint density at radius 1 is 1.71 bits per heavy atom. The standard InChI is InChI=1S/C10H16N2O2/c1-10(5-3-8-14-10)9(13)12(2)7-4-6-11/h3-5,7-8H2,1-2H3. The highest BCUT2D eigenvalue weighted by atomic mass is 16.5. The van der Waals surface area contributed by atoms with Crippen LogP contribution in [0.1, 0.15) is 26.2 Å². The Morgan fingerprint density at radius 2 is 2.43 bits per heavy atom. The number of likely N-dealkylation sites (N-methyl/N-ethyl adjacent to an activating group) is 1. The minimum atomic E-state index is -0.649. The highest BCUT2D eigenvalue weighted by molar-refractivity contribution is 5.84. The van der Waals surface area contributed by atoms with Crippen molar-refractivity contribution in [2.24, 2.45) is 0 Å². The molecule has 0 bridgehead atoms. The maximum Gasteiger partial charge on any atom is 0.254 e. The number of ether oxygens (including phenoxy) is 1. The summed E-state index contributed by atoms with van der Waals surface area (Å²) >= 11 is 0. The number of amides is 1. The topological polar surface area (TPSA) is 53.3 Å². The average Bonchev–Trinajstić information content (AvgIpc) is 2.61. The Hall–Kier alpha value is -1.08. The molecule has 0 N–H and O–H groups in total. The quantitative estimate of drug-likeness (QED) is 0.674. The normalized spacial score (nSPS) is 25.8. The van der Waals surface area contributed by atoms with Crippen molar-refractivity contribution in [3.8, 4) is 6.07 Å². The van der Waals surface area contributed by atoms with Crippen molar-refractivity contribution in [1.82, 2.24) is 4.90 Å². The van der Waals surface area contributed by atoms with E-state index >= 15 is 0 Å². The number of nitriles is 1. The molecule has 0 aliphatic carbocycles. The second-order valence-electron chi connectivity index (χ2n) is 3.82. The number of rotatable bonds is 3. The first-order valence-corrected chi connectivity index (χ1v) is 4.86. The van der Waals surface area contributed by atoms with Crippen molar-refractivity contribution in [1.29, 1.82) is 5.26 Å². The minimum Gasteiger partial charge on any atom is -0.365 e. The van der Waals surface area contributed by atoms with Crippen molar-refractivity contribution in [2.45, 2.75) is 31.8 Å². The van der Waals surface area contributed by atoms with E-state index in [1.807, 2.05) is 13.0 Å². The summed E-state index contributed by atoms with van der Waals surface area (Å²) in [6.07, 6.45) is 2.09. The fraction of sp³-hybridized carbons (Fsp3) is 0.800. The Balaban J connectivity index is 2.51. The number of nitrogens with zero attached hydrogens (tertiary/aromatic N) is 2. The molecule has 78 valence electrons. The molecule has 1 heterocycles. The number of carbonyl (C=O) groups excluding carboxylic acids is 1. The van der Waals surface area contributed by atoms with Gasteiger partial charge in [0, 0.05) is 20.2 Å². The Kier molecular flexibility index (Phi) is 3.48. The van der Waals surface area contributed by atoms with E-state index in [2.05, 4.69) is 0 Å². The molecule has 0 aromatic carbocycles. The molecule has 1 rings (SSSR count). The third-order valence-corrected chi connectivity index (χ3v) is 2.58. The van der Waals surface area contributed by atoms with Crippen LogP contribution < -0.4 is 0 Å². The van der Waals surface area contributed by atoms with E-state index in [1.54, 1.807) is 11.9 Å². The lowest BCUT2D eigenvalue weighted by Gasteiger charge is -2.27. The van der Waals surface area contributed by atoms with Gasteiger partial charge in [-0.1, -0.05) is 0 Å². The van der Waals surface area contributed by atoms with Gasteiger partial charge in [-0.3, -0.25) is 4.79 Å². The molecule has 4 nitrogen and oxygen atoms in total. The molecule has 1 aliphatic heterocycles. The van der Waals surface area contributed by atoms with E-state index < -0.39 is 5.60 Å². The van der Waals surface area contributed by atoms with Gasteiger partial charge in [-0.05, 0) is 19.8 Å². The maximum absolute atomic E-state index is 11.9. The van der Waals surface area contributed by atoms with Gasteiger partial charge in [0.15, 0.2) is 0 Å². The minimum absolute atomic E-state index is 0.00903. The highest BCUT2D eigenvalue weighted by Crippen LogP contribution is 2.26. The second kappa shape index (κ2) is 4.43. The summed E-state index contributed by atoms with van der Waals surface area (Å²) in [4.78, 5) is 13.4. The number of hydrogen-bond acceptors (Lipinski definition) is 3. The first kappa shape index (κ1) is 11.0. The largest absolute Gasteiger partial charge is 0.365 e. The predicted octanol–water partition coefficient (Wildman–Crippen LogP) is 0.928. The van der Waals surface area contributed by atoms with Crippen LogP contribution in [0.4, 0.5) is 0 Å². The Bertz CT molecular complexity index is 251. The molecule has 1 aliphatic rings. The summed E-state index contributed by atoms with van der Waals surface area (Å²) in [5.41, 5.74) is -0.649. The van der Waals surface area contributed by atoms with Gasteiger partial charge in [-0.2, -0.15) is 5.26 Å². The van der Waals surface area contributed by atoms with Gasteiger partial charge >= 0.3 is 0 Å². The van der Waals surface area contributed by atoms with Gasteiger partial charge in [-0.25, -0.2) is 0 Å². The van der Waals surface area contributed by atoms with E-state index in [4.69, 9.17) is 10.00 Å². The van der Waals surface area contributed by atoms with Gasteiger partial charge in [0.25, 0.3) is 5.91 Å². The van der Waals surface area contributed by atoms with E-state index in [9.17, 15) is 4.79 Å². The number of hydrogen-bond donors (Lipinski definition) is 0. The third kappa shape index (κ3) is 2.24. The summed E-state index contributed by atoms with van der Waals surface area (Å²) in [7, 11) is 1.71. The third-order valence-electron chi connectivity index (χ3n) is 2.58. The SMILES string of the molecule is CN(CCC#N)C(=O)C1(C)CCCO1. The molecule has 1 fully saturated rings. The fourth-order valence-corrected chi connectivity index (χ4v) is 1.67. The fourth-order valence-electron chi connectivity index (χ4n) is 1.67. The van der Waals surface area contributed by atoms with E-state index in [-0.39, 0.29) is 5.91 Å². The molecule has 0 radical (unpaired) electrons. The van der Waals surface area contributed by atoms with Gasteiger partial charge in [0.2, 0.25) is 0 Å². The zero-order valence-corrected chi connectivity index (χ0v) is 8.75. The second-order valence-corrected chi connectivity index (χ2v) is 3.82. The van der Waals surface area contributed by atoms with Crippen LogP contribution in [-0.2, 0) is 9.53 Å². The van der Waals surface area contributed by atoms with E-state index in [0.29, 0.717) is 19.6 Å². The lowest BCUT2D eigenvalue weighted by Crippen LogP contribution is -2.45. The van der Waals surface area contributed by atoms with Gasteiger partial charge in [0.1, 0.15) is 5.60 Å². The van der Waals surface area contributed by atoms with Crippen molar-refractivity contribution >= 4 is 5.91 Å². The van der Waals surface area contributed by atoms with Crippen LogP contribution in [0.15, 0.2) is 0 Å². The first-order valence-electron chi connectivity index (χ1n) is 4.86. The molecule has 1 saturated heterocycles. The molecule has 1 amide bonds. The van der Waals surface area contributed by atoms with Crippen LogP contribution in [0.3, 0.4) is 0 Å². The molecule has 0 saturated carbocycles. The van der Waals surface area contributed by atoms with Crippen molar-refractivity contribution in [2.75, 3.05) is 20.2 Å². The van der Waals surface area contributed by atoms with Crippen LogP contribution in [-0.4, -0.2) is 36.6 Å². The lowest BCUT2D eigenvalue weighted by molar-refractivity contribution is -0.149. The van der Waals surface area contributed by atoms with Crippen molar-refractivity contribution < 1.29 is 9.53 Å². The summed E-state index contributed by atoms with van der Waals surface area (Å²) in [5.74, 6) is -0.00903. The highest BCUT2D eigenvalue weighted by Gasteiger charge is 2.39. The summed E-state index contributed by atoms with van der Waals surface area (Å²) in [6, 6.07) is 2.02. The predicted molar refractivity (Wildman–Crippen MR) is 51.5 cm³/mol. The molecule has 14 heavy (non-hydrogen) atoms. The summed E-state index contributed by atoms with van der Waals surface area (Å²) in [6.45, 7) is 2.97. The maximum atomic E-state index is 11.9. The average molecular weight is 196 g/mol. The van der Waals surface area contributed by atoms with E-state index in [1.165, 1.54) is 0 Å². The smallest absolute Gasteiger partial charge is 0.254 e. The van der Waals surface area contributed by atoms with Crippen LogP contribution in [0.25, 0.3) is 0 Å². The van der Waals surface area contributed by atoms with E-state index in [0.717, 1.165) is 12.8 Å². The zero-order chi connectivity index (χ0) is 10.6. The van der Waals surface area contributed by atoms with Gasteiger partial charge in [-0.15, -0.1) is 0 Å². The van der Waals surface area contributed by atoms with Crippen LogP contribution in [0.2, 0.25) is 0 Å². The van der Waals surface area contributed by atoms with Crippen LogP contribution in [0.5, 0.6) is 0 Å². The monoisotopic (exact) mass is 196 g/mol. The van der Waals surface area contributed by atoms with Crippen molar-refractivity contribution in [3.63, 3.8) is 0 Å². The van der Waals surface area contributed by atoms with Gasteiger partial charge in [0.05, 0.1) is 12.5 Å². The summed E-state index contributed by atoms with van der Waals surface area (Å²) in [5, 5.41) is 8.41. The van der Waals surface area contributed by atoms with Crippen LogP contribution >= 0.6 is 0 Å².